The van der Waals surface area contributed by atoms with Crippen molar-refractivity contribution < 1.29 is 9.21 Å². The molecule has 0 aliphatic heterocycles. The van der Waals surface area contributed by atoms with E-state index in [1.807, 2.05) is 30.3 Å². The first-order chi connectivity index (χ1) is 15.9. The Morgan fingerprint density at radius 2 is 1.88 bits per heavy atom. The first-order valence-electron chi connectivity index (χ1n) is 9.67. The molecule has 0 aliphatic rings. The molecule has 4 aromatic rings. The molecule has 0 saturated heterocycles. The van der Waals surface area contributed by atoms with E-state index >= 15 is 0 Å². The normalized spacial score (nSPS) is 10.8. The van der Waals surface area contributed by atoms with Crippen molar-refractivity contribution in [1.82, 2.24) is 20.2 Å². The molecule has 168 valence electrons. The van der Waals surface area contributed by atoms with Crippen molar-refractivity contribution in [3.63, 3.8) is 0 Å². The average Bonchev–Trinajstić information content (AvgIpc) is 3.43. The smallest absolute Gasteiger partial charge is 0.293 e. The summed E-state index contributed by atoms with van der Waals surface area (Å²) in [6.45, 7) is 1.78. The predicted molar refractivity (Wildman–Crippen MR) is 134 cm³/mol. The van der Waals surface area contributed by atoms with Gasteiger partial charge in [-0.1, -0.05) is 71.4 Å². The van der Waals surface area contributed by atoms with Gasteiger partial charge in [-0.3, -0.25) is 15.5 Å². The quantitative estimate of drug-likeness (QED) is 0.250. The molecule has 4 rings (SSSR count). The molecule has 2 aromatic carbocycles. The number of benzene rings is 2. The molecule has 2 N–H and O–H groups in total. The molecule has 11 heteroatoms. The molecule has 33 heavy (non-hydrogen) atoms. The second-order valence-corrected chi connectivity index (χ2v) is 8.94. The number of aryl methyl sites for hydroxylation is 1. The van der Waals surface area contributed by atoms with Gasteiger partial charge in [-0.2, -0.15) is 0 Å². The number of nitrogens with one attached hydrogen (secondary N) is 2. The Labute approximate surface area is 209 Å². The molecule has 2 aromatic heterocycles. The lowest BCUT2D eigenvalue weighted by Crippen LogP contribution is -2.38. The van der Waals surface area contributed by atoms with Crippen LogP contribution in [-0.4, -0.2) is 25.9 Å². The lowest BCUT2D eigenvalue weighted by atomic mass is 10.2. The van der Waals surface area contributed by atoms with Crippen molar-refractivity contribution in [2.24, 2.45) is 0 Å². The van der Waals surface area contributed by atoms with E-state index in [2.05, 4.69) is 20.9 Å². The summed E-state index contributed by atoms with van der Waals surface area (Å²) in [4.78, 5) is 12.6. The number of amides is 1. The van der Waals surface area contributed by atoms with Crippen molar-refractivity contribution in [2.45, 2.75) is 17.8 Å². The molecule has 0 fully saturated rings. The van der Waals surface area contributed by atoms with Crippen LogP contribution < -0.4 is 10.7 Å². The van der Waals surface area contributed by atoms with Crippen LogP contribution >= 0.6 is 47.2 Å². The van der Waals surface area contributed by atoms with Crippen LogP contribution in [0, 0.1) is 6.92 Å². The third-order valence-electron chi connectivity index (χ3n) is 4.49. The molecule has 2 heterocycles. The zero-order chi connectivity index (χ0) is 23.4. The third-order valence-corrected chi connectivity index (χ3v) is 6.51. The summed E-state index contributed by atoms with van der Waals surface area (Å²) >= 11 is 19.1. The molecular formula is C22H17Cl2N5O2S2. The van der Waals surface area contributed by atoms with Crippen LogP contribution in [0.5, 0.6) is 0 Å². The number of carbonyl (C=O) groups excluding carboxylic acids is 1. The summed E-state index contributed by atoms with van der Waals surface area (Å²) in [5.74, 6) is 1.28. The van der Waals surface area contributed by atoms with Crippen molar-refractivity contribution in [3.8, 4) is 11.3 Å². The van der Waals surface area contributed by atoms with E-state index in [9.17, 15) is 4.79 Å². The Balaban J connectivity index is 1.40. The Bertz CT molecular complexity index is 1310. The SMILES string of the molecule is Cc1nnc(SCc2ccccc2)n1NC(=S)NC(=O)c1ccc(-c2cccc(Cl)c2Cl)o1. The summed E-state index contributed by atoms with van der Waals surface area (Å²) in [6.07, 6.45) is 0. The van der Waals surface area contributed by atoms with E-state index in [0.29, 0.717) is 38.1 Å². The highest BCUT2D eigenvalue weighted by molar-refractivity contribution is 7.98. The number of furan rings is 1. The van der Waals surface area contributed by atoms with Gasteiger partial charge in [-0.05, 0) is 49.0 Å². The van der Waals surface area contributed by atoms with Gasteiger partial charge in [-0.25, -0.2) is 4.68 Å². The highest BCUT2D eigenvalue weighted by Crippen LogP contribution is 2.34. The Morgan fingerprint density at radius 1 is 1.09 bits per heavy atom. The second-order valence-electron chi connectivity index (χ2n) is 6.80. The topological polar surface area (TPSA) is 85.0 Å². The van der Waals surface area contributed by atoms with Crippen LogP contribution in [0.4, 0.5) is 0 Å². The monoisotopic (exact) mass is 517 g/mol. The van der Waals surface area contributed by atoms with Crippen LogP contribution in [0.3, 0.4) is 0 Å². The summed E-state index contributed by atoms with van der Waals surface area (Å²) in [6, 6.07) is 18.4. The molecule has 0 atom stereocenters. The predicted octanol–water partition coefficient (Wildman–Crippen LogP) is 5.70. The standard InChI is InChI=1S/C22H17Cl2N5O2S2/c1-13-26-27-22(33-12-14-6-3-2-4-7-14)29(13)28-21(32)25-20(30)18-11-10-17(31-18)15-8-5-9-16(23)19(15)24/h2-11H,12H2,1H3,(H2,25,28,30,32). The molecule has 0 bridgehead atoms. The average molecular weight is 518 g/mol. The number of nitrogens with zero attached hydrogens (tertiary/aromatic N) is 3. The minimum absolute atomic E-state index is 0.0724. The number of hydrogen-bond donors (Lipinski definition) is 2. The number of thioether (sulfide) groups is 1. The fourth-order valence-electron chi connectivity index (χ4n) is 2.88. The molecule has 0 radical (unpaired) electrons. The molecule has 7 nitrogen and oxygen atoms in total. The van der Waals surface area contributed by atoms with Gasteiger partial charge in [0.1, 0.15) is 11.6 Å². The van der Waals surface area contributed by atoms with Gasteiger partial charge in [-0.15, -0.1) is 10.2 Å². The summed E-state index contributed by atoms with van der Waals surface area (Å²) < 4.78 is 7.28. The van der Waals surface area contributed by atoms with Crippen LogP contribution in [-0.2, 0) is 5.75 Å². The largest absolute Gasteiger partial charge is 0.451 e. The summed E-state index contributed by atoms with van der Waals surface area (Å²) in [7, 11) is 0. The molecule has 0 aliphatic carbocycles. The maximum absolute atomic E-state index is 12.6. The van der Waals surface area contributed by atoms with Crippen molar-refractivity contribution in [1.29, 1.82) is 0 Å². The Morgan fingerprint density at radius 3 is 2.67 bits per heavy atom. The van der Waals surface area contributed by atoms with Crippen molar-refractivity contribution in [3.05, 3.63) is 87.9 Å². The van der Waals surface area contributed by atoms with E-state index in [1.165, 1.54) is 17.8 Å². The highest BCUT2D eigenvalue weighted by Gasteiger charge is 2.17. The lowest BCUT2D eigenvalue weighted by molar-refractivity contribution is 0.0951. The van der Waals surface area contributed by atoms with Crippen LogP contribution in [0.2, 0.25) is 10.0 Å². The number of thiocarbonyl (C=S) groups is 1. The maximum Gasteiger partial charge on any atom is 0.293 e. The van der Waals surface area contributed by atoms with Crippen LogP contribution in [0.1, 0.15) is 21.9 Å². The Kier molecular flexibility index (Phi) is 7.34. The van der Waals surface area contributed by atoms with Gasteiger partial charge in [0, 0.05) is 11.3 Å². The summed E-state index contributed by atoms with van der Waals surface area (Å²) in [5, 5.41) is 12.3. The first kappa shape index (κ1) is 23.3. The van der Waals surface area contributed by atoms with E-state index in [4.69, 9.17) is 39.8 Å². The van der Waals surface area contributed by atoms with E-state index in [1.54, 1.807) is 35.9 Å². The van der Waals surface area contributed by atoms with Crippen LogP contribution in [0.15, 0.2) is 70.2 Å². The number of aromatic nitrogens is 3. The van der Waals surface area contributed by atoms with E-state index < -0.39 is 5.91 Å². The molecular weight excluding hydrogens is 501 g/mol. The third kappa shape index (κ3) is 5.56. The van der Waals surface area contributed by atoms with Gasteiger partial charge in [0.25, 0.3) is 5.91 Å². The zero-order valence-electron chi connectivity index (χ0n) is 17.2. The zero-order valence-corrected chi connectivity index (χ0v) is 20.4. The highest BCUT2D eigenvalue weighted by atomic mass is 35.5. The number of rotatable bonds is 6. The maximum atomic E-state index is 12.6. The minimum Gasteiger partial charge on any atom is -0.451 e. The number of carbonyl (C=O) groups is 1. The molecule has 1 amide bonds. The van der Waals surface area contributed by atoms with Crippen molar-refractivity contribution >= 4 is 58.2 Å². The number of halogens is 2. The summed E-state index contributed by atoms with van der Waals surface area (Å²) in [5.41, 5.74) is 4.68. The van der Waals surface area contributed by atoms with E-state index in [-0.39, 0.29) is 10.9 Å². The molecule has 0 spiro atoms. The number of hydrogen-bond acceptors (Lipinski definition) is 6. The molecule has 0 unspecified atom stereocenters. The van der Waals surface area contributed by atoms with Gasteiger partial charge in [0.15, 0.2) is 10.9 Å². The fraction of sp³-hybridized carbons (Fsp3) is 0.0909. The van der Waals surface area contributed by atoms with Gasteiger partial charge < -0.3 is 4.42 Å². The molecule has 0 saturated carbocycles. The Hall–Kier alpha value is -2.85. The fourth-order valence-corrected chi connectivity index (χ4v) is 4.35. The minimum atomic E-state index is -0.513. The lowest BCUT2D eigenvalue weighted by Gasteiger charge is -2.12. The van der Waals surface area contributed by atoms with Gasteiger partial charge in [0.05, 0.1) is 10.0 Å². The van der Waals surface area contributed by atoms with Gasteiger partial charge >= 0.3 is 0 Å². The van der Waals surface area contributed by atoms with Crippen molar-refractivity contribution in [2.75, 3.05) is 5.43 Å². The second kappa shape index (κ2) is 10.4. The van der Waals surface area contributed by atoms with E-state index in [0.717, 1.165) is 5.56 Å². The van der Waals surface area contributed by atoms with Gasteiger partial charge in [0.2, 0.25) is 5.16 Å². The van der Waals surface area contributed by atoms with Crippen LogP contribution in [0.25, 0.3) is 11.3 Å². The first-order valence-corrected chi connectivity index (χ1v) is 11.8.